The highest BCUT2D eigenvalue weighted by Gasteiger charge is 2.23. The number of carbonyl (C=O) groups excluding carboxylic acids is 1. The van der Waals surface area contributed by atoms with Crippen molar-refractivity contribution in [1.29, 1.82) is 0 Å². The molecule has 21 heavy (non-hydrogen) atoms. The van der Waals surface area contributed by atoms with Gasteiger partial charge in [0.1, 0.15) is 0 Å². The number of rotatable bonds is 5. The topological polar surface area (TPSA) is 26.3 Å². The molecule has 0 aliphatic heterocycles. The molecule has 0 aromatic heterocycles. The Morgan fingerprint density at radius 1 is 1.14 bits per heavy atom. The van der Waals surface area contributed by atoms with E-state index in [1.807, 2.05) is 20.8 Å². The Balaban J connectivity index is 2.65. The molecule has 0 aliphatic carbocycles. The van der Waals surface area contributed by atoms with Crippen molar-refractivity contribution in [3.63, 3.8) is 0 Å². The van der Waals surface area contributed by atoms with Gasteiger partial charge in [-0.3, -0.25) is 4.79 Å². The van der Waals surface area contributed by atoms with Crippen molar-refractivity contribution in [1.82, 2.24) is 0 Å². The average Bonchev–Trinajstić information content (AvgIpc) is 2.32. The minimum Gasteiger partial charge on any atom is -0.491 e. The van der Waals surface area contributed by atoms with Gasteiger partial charge in [0, 0.05) is 11.0 Å². The summed E-state index contributed by atoms with van der Waals surface area (Å²) in [6.45, 7) is 12.5. The second-order valence-electron chi connectivity index (χ2n) is 7.74. The first kappa shape index (κ1) is 17.7. The van der Waals surface area contributed by atoms with Crippen molar-refractivity contribution in [3.05, 3.63) is 29.6 Å². The molecule has 0 heterocycles. The summed E-state index contributed by atoms with van der Waals surface area (Å²) in [7, 11) is 0. The molecule has 1 aromatic rings. The number of carbonyl (C=O) groups is 1. The number of Topliss-reactive ketones (excluding diaryl/α,β-unsaturated/α-hetero) is 1. The monoisotopic (exact) mass is 294 g/mol. The molecule has 0 saturated carbocycles. The smallest absolute Gasteiger partial charge is 0.168 e. The van der Waals surface area contributed by atoms with Crippen LogP contribution in [0.1, 0.15) is 64.7 Å². The van der Waals surface area contributed by atoms with Crippen LogP contribution in [0.3, 0.4) is 0 Å². The van der Waals surface area contributed by atoms with Gasteiger partial charge in [-0.05, 0) is 36.5 Å². The highest BCUT2D eigenvalue weighted by atomic mass is 19.1. The molecule has 0 amide bonds. The second-order valence-corrected chi connectivity index (χ2v) is 7.74. The second kappa shape index (κ2) is 6.59. The lowest BCUT2D eigenvalue weighted by atomic mass is 9.86. The van der Waals surface area contributed by atoms with Crippen LogP contribution >= 0.6 is 0 Å². The Labute approximate surface area is 127 Å². The molecule has 118 valence electrons. The molecular weight excluding hydrogens is 267 g/mol. The third-order valence-electron chi connectivity index (χ3n) is 3.20. The van der Waals surface area contributed by atoms with E-state index >= 15 is 0 Å². The summed E-state index contributed by atoms with van der Waals surface area (Å²) in [5, 5.41) is 0. The van der Waals surface area contributed by atoms with Gasteiger partial charge in [0.05, 0.1) is 6.61 Å². The maximum atomic E-state index is 14.0. The third-order valence-corrected chi connectivity index (χ3v) is 3.20. The van der Waals surface area contributed by atoms with Crippen LogP contribution in [0.4, 0.5) is 4.39 Å². The lowest BCUT2D eigenvalue weighted by Gasteiger charge is -2.18. The van der Waals surface area contributed by atoms with Gasteiger partial charge in [-0.15, -0.1) is 0 Å². The Kier molecular flexibility index (Phi) is 5.54. The fourth-order valence-corrected chi connectivity index (χ4v) is 1.98. The van der Waals surface area contributed by atoms with E-state index in [1.54, 1.807) is 12.1 Å². The maximum absolute atomic E-state index is 14.0. The van der Waals surface area contributed by atoms with E-state index in [9.17, 15) is 9.18 Å². The quantitative estimate of drug-likeness (QED) is 0.547. The summed E-state index contributed by atoms with van der Waals surface area (Å²) in [5.41, 5.74) is 0.133. The van der Waals surface area contributed by atoms with Gasteiger partial charge < -0.3 is 4.74 Å². The minimum atomic E-state index is -0.512. The van der Waals surface area contributed by atoms with Crippen LogP contribution in [0.2, 0.25) is 0 Å². The standard InChI is InChI=1S/C18H27FO2/c1-17(2,3)10-7-11-21-15-9-8-13(12-14(15)19)16(20)18(4,5)6/h8-9,12H,7,10-11H2,1-6H3. The van der Waals surface area contributed by atoms with Crippen LogP contribution in [0.5, 0.6) is 5.75 Å². The van der Waals surface area contributed by atoms with E-state index < -0.39 is 11.2 Å². The van der Waals surface area contributed by atoms with Gasteiger partial charge in [-0.1, -0.05) is 41.5 Å². The molecule has 0 fully saturated rings. The normalized spacial score (nSPS) is 12.3. The predicted molar refractivity (Wildman–Crippen MR) is 84.4 cm³/mol. The predicted octanol–water partition coefficient (Wildman–Crippen LogP) is 5.26. The zero-order chi connectivity index (χ0) is 16.3. The van der Waals surface area contributed by atoms with Crippen molar-refractivity contribution in [3.8, 4) is 5.75 Å². The van der Waals surface area contributed by atoms with Gasteiger partial charge in [0.15, 0.2) is 17.3 Å². The third kappa shape index (κ3) is 5.86. The van der Waals surface area contributed by atoms with Crippen molar-refractivity contribution >= 4 is 5.78 Å². The van der Waals surface area contributed by atoms with Crippen molar-refractivity contribution in [2.75, 3.05) is 6.61 Å². The molecule has 0 unspecified atom stereocenters. The van der Waals surface area contributed by atoms with E-state index in [-0.39, 0.29) is 16.9 Å². The van der Waals surface area contributed by atoms with Crippen LogP contribution < -0.4 is 4.74 Å². The van der Waals surface area contributed by atoms with Crippen molar-refractivity contribution in [2.45, 2.75) is 54.4 Å². The first-order chi connectivity index (χ1) is 9.50. The minimum absolute atomic E-state index is 0.0688. The average molecular weight is 294 g/mol. The number of hydrogen-bond acceptors (Lipinski definition) is 2. The molecule has 1 aromatic carbocycles. The summed E-state index contributed by atoms with van der Waals surface area (Å²) in [6.07, 6.45) is 1.90. The first-order valence-electron chi connectivity index (χ1n) is 7.48. The molecule has 0 aliphatic rings. The van der Waals surface area contributed by atoms with Crippen LogP contribution in [-0.4, -0.2) is 12.4 Å². The molecule has 0 saturated heterocycles. The molecular formula is C18H27FO2. The van der Waals surface area contributed by atoms with Gasteiger partial charge in [0.25, 0.3) is 0 Å². The SMILES string of the molecule is CC(C)(C)CCCOc1ccc(C(=O)C(C)(C)C)cc1F. The van der Waals surface area contributed by atoms with Crippen molar-refractivity contribution < 1.29 is 13.9 Å². The summed E-state index contributed by atoms with van der Waals surface area (Å²) in [5.74, 6) is -0.323. The molecule has 2 nitrogen and oxygen atoms in total. The Bertz CT molecular complexity index is 493. The highest BCUT2D eigenvalue weighted by Crippen LogP contribution is 2.25. The molecule has 0 atom stereocenters. The summed E-state index contributed by atoms with van der Waals surface area (Å²) in [6, 6.07) is 4.45. The Morgan fingerprint density at radius 3 is 2.24 bits per heavy atom. The number of hydrogen-bond donors (Lipinski definition) is 0. The molecule has 3 heteroatoms. The van der Waals surface area contributed by atoms with E-state index in [2.05, 4.69) is 20.8 Å². The summed E-state index contributed by atoms with van der Waals surface area (Å²) in [4.78, 5) is 12.1. The summed E-state index contributed by atoms with van der Waals surface area (Å²) < 4.78 is 19.4. The molecule has 1 rings (SSSR count). The zero-order valence-corrected chi connectivity index (χ0v) is 14.0. The van der Waals surface area contributed by atoms with Crippen LogP contribution in [0, 0.1) is 16.6 Å². The first-order valence-corrected chi connectivity index (χ1v) is 7.48. The van der Waals surface area contributed by atoms with Gasteiger partial charge in [-0.2, -0.15) is 0 Å². The fraction of sp³-hybridized carbons (Fsp3) is 0.611. The number of halogens is 1. The van der Waals surface area contributed by atoms with E-state index in [4.69, 9.17) is 4.74 Å². The van der Waals surface area contributed by atoms with E-state index in [0.717, 1.165) is 12.8 Å². The molecule has 0 bridgehead atoms. The number of ether oxygens (including phenoxy) is 1. The van der Waals surface area contributed by atoms with Gasteiger partial charge in [-0.25, -0.2) is 4.39 Å². The molecule has 0 radical (unpaired) electrons. The highest BCUT2D eigenvalue weighted by molar-refractivity contribution is 5.99. The maximum Gasteiger partial charge on any atom is 0.168 e. The summed E-state index contributed by atoms with van der Waals surface area (Å²) >= 11 is 0. The molecule has 0 N–H and O–H groups in total. The van der Waals surface area contributed by atoms with Gasteiger partial charge in [0.2, 0.25) is 0 Å². The van der Waals surface area contributed by atoms with Crippen LogP contribution in [0.15, 0.2) is 18.2 Å². The van der Waals surface area contributed by atoms with Crippen LogP contribution in [-0.2, 0) is 0 Å². The van der Waals surface area contributed by atoms with E-state index in [0.29, 0.717) is 12.2 Å². The number of ketones is 1. The lowest BCUT2D eigenvalue weighted by molar-refractivity contribution is 0.0857. The largest absolute Gasteiger partial charge is 0.491 e. The molecule has 0 spiro atoms. The van der Waals surface area contributed by atoms with E-state index in [1.165, 1.54) is 6.07 Å². The number of benzene rings is 1. The Hall–Kier alpha value is -1.38. The lowest BCUT2D eigenvalue weighted by Crippen LogP contribution is -2.20. The Morgan fingerprint density at radius 2 is 1.76 bits per heavy atom. The van der Waals surface area contributed by atoms with Crippen molar-refractivity contribution in [2.24, 2.45) is 10.8 Å². The zero-order valence-electron chi connectivity index (χ0n) is 14.0. The fourth-order valence-electron chi connectivity index (χ4n) is 1.98. The van der Waals surface area contributed by atoms with Crippen LogP contribution in [0.25, 0.3) is 0 Å². The van der Waals surface area contributed by atoms with Gasteiger partial charge >= 0.3 is 0 Å².